The van der Waals surface area contributed by atoms with Gasteiger partial charge in [0.1, 0.15) is 5.69 Å². The molecule has 6 nitrogen and oxygen atoms in total. The summed E-state index contributed by atoms with van der Waals surface area (Å²) in [4.78, 5) is 16.3. The van der Waals surface area contributed by atoms with E-state index in [0.717, 1.165) is 18.9 Å². The van der Waals surface area contributed by atoms with Crippen LogP contribution in [0.15, 0.2) is 10.5 Å². The van der Waals surface area contributed by atoms with Gasteiger partial charge in [-0.15, -0.1) is 0 Å². The SMILES string of the molecule is Cc1cc(C(F)(F)F)n2nc(C(=O)NCC3CCCO3)c(Br)c2n1. The van der Waals surface area contributed by atoms with Gasteiger partial charge in [0.25, 0.3) is 5.91 Å². The first kappa shape index (κ1) is 17.2. The zero-order valence-corrected chi connectivity index (χ0v) is 14.2. The smallest absolute Gasteiger partial charge is 0.376 e. The minimum Gasteiger partial charge on any atom is -0.376 e. The van der Waals surface area contributed by atoms with Crippen molar-refractivity contribution in [3.8, 4) is 0 Å². The molecule has 1 unspecified atom stereocenters. The summed E-state index contributed by atoms with van der Waals surface area (Å²) in [7, 11) is 0. The van der Waals surface area contributed by atoms with E-state index in [-0.39, 0.29) is 34.2 Å². The highest BCUT2D eigenvalue weighted by Gasteiger charge is 2.36. The van der Waals surface area contributed by atoms with Crippen LogP contribution in [0.2, 0.25) is 0 Å². The van der Waals surface area contributed by atoms with Crippen molar-refractivity contribution in [2.45, 2.75) is 32.0 Å². The highest BCUT2D eigenvalue weighted by atomic mass is 79.9. The molecule has 130 valence electrons. The average molecular weight is 407 g/mol. The van der Waals surface area contributed by atoms with Gasteiger partial charge in [-0.05, 0) is 41.8 Å². The minimum atomic E-state index is -4.61. The first-order valence-corrected chi connectivity index (χ1v) is 8.09. The quantitative estimate of drug-likeness (QED) is 0.850. The van der Waals surface area contributed by atoms with Crippen molar-refractivity contribution in [2.75, 3.05) is 13.2 Å². The van der Waals surface area contributed by atoms with Gasteiger partial charge in [-0.25, -0.2) is 9.50 Å². The van der Waals surface area contributed by atoms with E-state index in [0.29, 0.717) is 11.1 Å². The lowest BCUT2D eigenvalue weighted by Gasteiger charge is -2.09. The van der Waals surface area contributed by atoms with E-state index in [2.05, 4.69) is 31.3 Å². The number of carbonyl (C=O) groups is 1. The normalized spacial score (nSPS) is 18.3. The summed E-state index contributed by atoms with van der Waals surface area (Å²) in [5.74, 6) is -0.575. The Morgan fingerprint density at radius 2 is 2.29 bits per heavy atom. The van der Waals surface area contributed by atoms with Crippen molar-refractivity contribution in [1.82, 2.24) is 19.9 Å². The summed E-state index contributed by atoms with van der Waals surface area (Å²) in [6.45, 7) is 2.39. The van der Waals surface area contributed by atoms with Crippen LogP contribution in [-0.4, -0.2) is 39.8 Å². The van der Waals surface area contributed by atoms with Crippen LogP contribution in [0.3, 0.4) is 0 Å². The molecule has 24 heavy (non-hydrogen) atoms. The van der Waals surface area contributed by atoms with Crippen molar-refractivity contribution in [3.63, 3.8) is 0 Å². The van der Waals surface area contributed by atoms with Crippen LogP contribution >= 0.6 is 15.9 Å². The summed E-state index contributed by atoms with van der Waals surface area (Å²) >= 11 is 3.14. The first-order valence-electron chi connectivity index (χ1n) is 7.30. The Balaban J connectivity index is 1.94. The Morgan fingerprint density at radius 1 is 1.54 bits per heavy atom. The molecule has 1 saturated heterocycles. The highest BCUT2D eigenvalue weighted by Crippen LogP contribution is 2.32. The number of aromatic nitrogens is 3. The average Bonchev–Trinajstić information content (AvgIpc) is 3.12. The van der Waals surface area contributed by atoms with Gasteiger partial charge in [-0.2, -0.15) is 18.3 Å². The third kappa shape index (κ3) is 3.25. The fourth-order valence-corrected chi connectivity index (χ4v) is 3.07. The maximum Gasteiger partial charge on any atom is 0.433 e. The van der Waals surface area contributed by atoms with E-state index >= 15 is 0 Å². The van der Waals surface area contributed by atoms with Crippen LogP contribution in [0.5, 0.6) is 0 Å². The Labute approximate surface area is 143 Å². The summed E-state index contributed by atoms with van der Waals surface area (Å²) in [6, 6.07) is 0.889. The maximum atomic E-state index is 13.2. The van der Waals surface area contributed by atoms with Gasteiger partial charge in [0.15, 0.2) is 11.3 Å². The zero-order chi connectivity index (χ0) is 17.5. The Bertz CT molecular complexity index is 784. The van der Waals surface area contributed by atoms with Crippen molar-refractivity contribution >= 4 is 27.5 Å². The Kier molecular flexibility index (Phi) is 4.52. The van der Waals surface area contributed by atoms with E-state index in [4.69, 9.17) is 4.74 Å². The second-order valence-electron chi connectivity index (χ2n) is 5.52. The van der Waals surface area contributed by atoms with E-state index in [1.54, 1.807) is 0 Å². The minimum absolute atomic E-state index is 0.0513. The molecule has 1 fully saturated rings. The van der Waals surface area contributed by atoms with E-state index < -0.39 is 17.8 Å². The fourth-order valence-electron chi connectivity index (χ4n) is 2.56. The second kappa shape index (κ2) is 6.32. The Morgan fingerprint density at radius 3 is 2.92 bits per heavy atom. The number of hydrogen-bond acceptors (Lipinski definition) is 4. The van der Waals surface area contributed by atoms with E-state index in [9.17, 15) is 18.0 Å². The number of nitrogens with zero attached hydrogens (tertiary/aromatic N) is 3. The molecule has 3 heterocycles. The first-order chi connectivity index (χ1) is 11.3. The molecular formula is C14H14BrF3N4O2. The zero-order valence-electron chi connectivity index (χ0n) is 12.7. The van der Waals surface area contributed by atoms with Gasteiger partial charge in [-0.1, -0.05) is 0 Å². The molecule has 0 radical (unpaired) electrons. The molecule has 0 aliphatic carbocycles. The molecule has 2 aromatic rings. The topological polar surface area (TPSA) is 68.5 Å². The van der Waals surface area contributed by atoms with Crippen LogP contribution in [0, 0.1) is 6.92 Å². The molecule has 1 amide bonds. The lowest BCUT2D eigenvalue weighted by atomic mass is 10.2. The number of halogens is 4. The number of hydrogen-bond donors (Lipinski definition) is 1. The summed E-state index contributed by atoms with van der Waals surface area (Å²) < 4.78 is 45.7. The molecule has 2 aromatic heterocycles. The van der Waals surface area contributed by atoms with Crippen molar-refractivity contribution < 1.29 is 22.7 Å². The molecule has 1 N–H and O–H groups in total. The number of carbonyl (C=O) groups excluding carboxylic acids is 1. The van der Waals surface area contributed by atoms with Gasteiger partial charge >= 0.3 is 6.18 Å². The number of rotatable bonds is 3. The maximum absolute atomic E-state index is 13.2. The lowest BCUT2D eigenvalue weighted by Crippen LogP contribution is -2.32. The van der Waals surface area contributed by atoms with Crippen molar-refractivity contribution in [2.24, 2.45) is 0 Å². The van der Waals surface area contributed by atoms with Gasteiger partial charge in [0.2, 0.25) is 0 Å². The predicted molar refractivity (Wildman–Crippen MR) is 81.7 cm³/mol. The molecule has 1 atom stereocenters. The predicted octanol–water partition coefficient (Wildman–Crippen LogP) is 2.73. The summed E-state index contributed by atoms with van der Waals surface area (Å²) in [5, 5.41) is 6.44. The van der Waals surface area contributed by atoms with Crippen LogP contribution in [0.4, 0.5) is 13.2 Å². The number of fused-ring (bicyclic) bond motifs is 1. The Hall–Kier alpha value is -1.68. The fraction of sp³-hybridized carbons (Fsp3) is 0.500. The van der Waals surface area contributed by atoms with Crippen molar-refractivity contribution in [1.29, 1.82) is 0 Å². The summed E-state index contributed by atoms with van der Waals surface area (Å²) in [6.07, 6.45) is -2.92. The van der Waals surface area contributed by atoms with E-state index in [1.165, 1.54) is 6.92 Å². The second-order valence-corrected chi connectivity index (χ2v) is 6.32. The van der Waals surface area contributed by atoms with Gasteiger partial charge in [0.05, 0.1) is 10.6 Å². The molecular weight excluding hydrogens is 393 g/mol. The molecule has 1 aliphatic heterocycles. The molecule has 0 bridgehead atoms. The van der Waals surface area contributed by atoms with Gasteiger partial charge < -0.3 is 10.1 Å². The monoisotopic (exact) mass is 406 g/mol. The van der Waals surface area contributed by atoms with Crippen LogP contribution < -0.4 is 5.32 Å². The largest absolute Gasteiger partial charge is 0.433 e. The van der Waals surface area contributed by atoms with Gasteiger partial charge in [0, 0.05) is 18.8 Å². The van der Waals surface area contributed by atoms with Gasteiger partial charge in [-0.3, -0.25) is 4.79 Å². The van der Waals surface area contributed by atoms with E-state index in [1.807, 2.05) is 0 Å². The number of nitrogens with one attached hydrogen (secondary N) is 1. The molecule has 10 heteroatoms. The number of aryl methyl sites for hydroxylation is 1. The van der Waals surface area contributed by atoms with Crippen molar-refractivity contribution in [3.05, 3.63) is 27.6 Å². The molecule has 0 saturated carbocycles. The molecule has 1 aliphatic rings. The molecule has 3 rings (SSSR count). The molecule has 0 spiro atoms. The lowest BCUT2D eigenvalue weighted by molar-refractivity contribution is -0.142. The third-order valence-corrected chi connectivity index (χ3v) is 4.41. The number of amides is 1. The van der Waals surface area contributed by atoms with Crippen LogP contribution in [0.25, 0.3) is 5.65 Å². The highest BCUT2D eigenvalue weighted by molar-refractivity contribution is 9.10. The van der Waals surface area contributed by atoms with Crippen LogP contribution in [0.1, 0.15) is 34.7 Å². The number of ether oxygens (including phenoxy) is 1. The standard InChI is InChI=1S/C14H14BrF3N4O2/c1-7-5-9(14(16,17)18)22-12(20-7)10(15)11(21-22)13(23)19-6-8-3-2-4-24-8/h5,8H,2-4,6H2,1H3,(H,19,23). The molecule has 0 aromatic carbocycles. The third-order valence-electron chi connectivity index (χ3n) is 3.68. The summed E-state index contributed by atoms with van der Waals surface area (Å²) in [5.41, 5.74) is -0.994. The number of alkyl halides is 3. The van der Waals surface area contributed by atoms with Crippen LogP contribution in [-0.2, 0) is 10.9 Å².